The minimum Gasteiger partial charge on any atom is -0.416 e. The van der Waals surface area contributed by atoms with Crippen LogP contribution in [0.2, 0.25) is 18.1 Å². The summed E-state index contributed by atoms with van der Waals surface area (Å²) in [6, 6.07) is 1.36. The number of rotatable bonds is 4. The topological polar surface area (TPSA) is 82.6 Å². The van der Waals surface area contributed by atoms with Gasteiger partial charge in [-0.2, -0.15) is 0 Å². The van der Waals surface area contributed by atoms with Crippen LogP contribution in [0.3, 0.4) is 0 Å². The summed E-state index contributed by atoms with van der Waals surface area (Å²) in [6.07, 6.45) is 0.761. The summed E-state index contributed by atoms with van der Waals surface area (Å²) >= 11 is 1.53. The van der Waals surface area contributed by atoms with Gasteiger partial charge >= 0.3 is 5.69 Å². The lowest BCUT2D eigenvalue weighted by atomic mass is 10.1. The van der Waals surface area contributed by atoms with E-state index in [1.165, 1.54) is 28.6 Å². The van der Waals surface area contributed by atoms with Crippen LogP contribution >= 0.6 is 11.8 Å². The van der Waals surface area contributed by atoms with E-state index in [2.05, 4.69) is 38.8 Å². The first-order valence-electron chi connectivity index (χ1n) is 9.28. The smallest absolute Gasteiger partial charge is 0.329 e. The number of fused-ring (bicyclic) bond motifs is 1. The standard InChI is InChI=1S/C18H30N2O5SSi/c1-17(2,3)27(6,7)23-10-11-13-14(25-18(4,5)24-13)15(26-11)20-12(21)8-9-19-16(20)22/h8-9,11,13-15H,10H2,1-7H3,(H,19,22)/t11-,13-,14-,15-/m1/s1. The molecule has 1 aromatic rings. The van der Waals surface area contributed by atoms with Gasteiger partial charge in [-0.3, -0.25) is 4.79 Å². The number of nitrogens with zero attached hydrogens (tertiary/aromatic N) is 1. The molecule has 27 heavy (non-hydrogen) atoms. The van der Waals surface area contributed by atoms with Crippen LogP contribution in [-0.4, -0.2) is 47.7 Å². The highest BCUT2D eigenvalue weighted by molar-refractivity contribution is 8.00. The monoisotopic (exact) mass is 414 g/mol. The van der Waals surface area contributed by atoms with Crippen LogP contribution in [-0.2, 0) is 13.9 Å². The Balaban J connectivity index is 1.87. The molecule has 2 saturated heterocycles. The van der Waals surface area contributed by atoms with Gasteiger partial charge in [0.1, 0.15) is 17.6 Å². The number of ether oxygens (including phenoxy) is 2. The number of nitrogens with one attached hydrogen (secondary N) is 1. The number of H-pyrrole nitrogens is 1. The van der Waals surface area contributed by atoms with Crippen LogP contribution in [0.15, 0.2) is 21.9 Å². The molecule has 0 unspecified atom stereocenters. The van der Waals surface area contributed by atoms with Gasteiger partial charge in [-0.05, 0) is 32.0 Å². The molecular formula is C18H30N2O5SSi. The summed E-state index contributed by atoms with van der Waals surface area (Å²) in [5, 5.41) is -0.348. The van der Waals surface area contributed by atoms with Gasteiger partial charge in [0.25, 0.3) is 5.56 Å². The molecule has 152 valence electrons. The van der Waals surface area contributed by atoms with Gasteiger partial charge in [-0.25, -0.2) is 9.36 Å². The summed E-state index contributed by atoms with van der Waals surface area (Å²) in [6.45, 7) is 15.3. The molecule has 1 N–H and O–H groups in total. The van der Waals surface area contributed by atoms with E-state index in [0.717, 1.165) is 0 Å². The van der Waals surface area contributed by atoms with Gasteiger partial charge in [0.15, 0.2) is 14.1 Å². The highest BCUT2D eigenvalue weighted by Gasteiger charge is 2.56. The summed E-state index contributed by atoms with van der Waals surface area (Å²) in [5.74, 6) is -0.755. The van der Waals surface area contributed by atoms with Crippen molar-refractivity contribution in [3.05, 3.63) is 33.1 Å². The van der Waals surface area contributed by atoms with Gasteiger partial charge in [0, 0.05) is 18.9 Å². The fourth-order valence-electron chi connectivity index (χ4n) is 3.18. The number of thioether (sulfide) groups is 1. The van der Waals surface area contributed by atoms with Crippen molar-refractivity contribution in [2.75, 3.05) is 6.61 Å². The number of aromatic nitrogens is 2. The fourth-order valence-corrected chi connectivity index (χ4v) is 5.89. The maximum Gasteiger partial charge on any atom is 0.329 e. The lowest BCUT2D eigenvalue weighted by Gasteiger charge is -2.37. The maximum atomic E-state index is 12.3. The van der Waals surface area contributed by atoms with Gasteiger partial charge in [-0.15, -0.1) is 11.8 Å². The third-order valence-corrected chi connectivity index (χ3v) is 11.7. The van der Waals surface area contributed by atoms with Gasteiger partial charge in [-0.1, -0.05) is 20.8 Å². The predicted molar refractivity (Wildman–Crippen MR) is 109 cm³/mol. The Labute approximate surface area is 164 Å². The Bertz CT molecular complexity index is 785. The van der Waals surface area contributed by atoms with Crippen LogP contribution in [0.4, 0.5) is 0 Å². The van der Waals surface area contributed by atoms with Crippen molar-refractivity contribution in [3.8, 4) is 0 Å². The quantitative estimate of drug-likeness (QED) is 0.763. The molecule has 2 aliphatic rings. The molecule has 3 heterocycles. The molecule has 0 aromatic carbocycles. The summed E-state index contributed by atoms with van der Waals surface area (Å²) in [4.78, 5) is 27.2. The van der Waals surface area contributed by atoms with Crippen molar-refractivity contribution in [2.45, 2.75) is 81.4 Å². The van der Waals surface area contributed by atoms with E-state index in [-0.39, 0.29) is 28.1 Å². The second-order valence-electron chi connectivity index (χ2n) is 9.19. The highest BCUT2D eigenvalue weighted by Crippen LogP contribution is 2.50. The zero-order valence-electron chi connectivity index (χ0n) is 17.1. The van der Waals surface area contributed by atoms with Crippen LogP contribution in [0.5, 0.6) is 0 Å². The average Bonchev–Trinajstić information content (AvgIpc) is 2.98. The first-order chi connectivity index (χ1) is 12.3. The van der Waals surface area contributed by atoms with E-state index in [1.807, 2.05) is 13.8 Å². The van der Waals surface area contributed by atoms with Crippen molar-refractivity contribution < 1.29 is 13.9 Å². The Kier molecular flexibility index (Phi) is 5.31. The molecule has 2 fully saturated rings. The summed E-state index contributed by atoms with van der Waals surface area (Å²) in [5.41, 5.74) is -0.771. The third kappa shape index (κ3) is 3.98. The van der Waals surface area contributed by atoms with Crippen molar-refractivity contribution in [1.29, 1.82) is 0 Å². The molecule has 9 heteroatoms. The van der Waals surface area contributed by atoms with Crippen molar-refractivity contribution in [3.63, 3.8) is 0 Å². The van der Waals surface area contributed by atoms with Crippen molar-refractivity contribution >= 4 is 20.1 Å². The van der Waals surface area contributed by atoms with E-state index < -0.39 is 25.2 Å². The van der Waals surface area contributed by atoms with Crippen molar-refractivity contribution in [1.82, 2.24) is 9.55 Å². The Morgan fingerprint density at radius 2 is 1.89 bits per heavy atom. The SMILES string of the molecule is CC1(C)O[C@@H]2[C@H](O1)[C@@H](CO[Si](C)(C)C(C)(C)C)S[C@H]2n1c(=O)cc[nH]c1=O. The maximum absolute atomic E-state index is 12.3. The van der Waals surface area contributed by atoms with Crippen LogP contribution in [0.25, 0.3) is 0 Å². The Hall–Kier alpha value is -0.873. The lowest BCUT2D eigenvalue weighted by Crippen LogP contribution is -2.44. The normalized spacial score (nSPS) is 30.5. The van der Waals surface area contributed by atoms with E-state index in [9.17, 15) is 9.59 Å². The number of hydrogen-bond donors (Lipinski definition) is 1. The molecule has 1 aromatic heterocycles. The molecule has 7 nitrogen and oxygen atoms in total. The zero-order valence-corrected chi connectivity index (χ0v) is 18.9. The van der Waals surface area contributed by atoms with Gasteiger partial charge in [0.2, 0.25) is 0 Å². The van der Waals surface area contributed by atoms with Gasteiger partial charge in [0.05, 0.1) is 5.25 Å². The third-order valence-electron chi connectivity index (χ3n) is 5.68. The minimum atomic E-state index is -1.92. The molecule has 0 aliphatic carbocycles. The van der Waals surface area contributed by atoms with E-state index in [4.69, 9.17) is 13.9 Å². The van der Waals surface area contributed by atoms with Crippen LogP contribution in [0, 0.1) is 0 Å². The fraction of sp³-hybridized carbons (Fsp3) is 0.778. The largest absolute Gasteiger partial charge is 0.416 e. The molecule has 4 atom stereocenters. The summed E-state index contributed by atoms with van der Waals surface area (Å²) < 4.78 is 19.9. The van der Waals surface area contributed by atoms with E-state index >= 15 is 0 Å². The van der Waals surface area contributed by atoms with E-state index in [1.54, 1.807) is 0 Å². The average molecular weight is 415 g/mol. The predicted octanol–water partition coefficient (Wildman–Crippen LogP) is 2.69. The Morgan fingerprint density at radius 1 is 1.26 bits per heavy atom. The molecule has 0 bridgehead atoms. The lowest BCUT2D eigenvalue weighted by molar-refractivity contribution is -0.149. The number of hydrogen-bond acceptors (Lipinski definition) is 6. The molecule has 0 radical (unpaired) electrons. The summed E-state index contributed by atoms with van der Waals surface area (Å²) in [7, 11) is -1.92. The molecular weight excluding hydrogens is 384 g/mol. The van der Waals surface area contributed by atoms with E-state index in [0.29, 0.717) is 6.61 Å². The number of aromatic amines is 1. The first-order valence-corrected chi connectivity index (χ1v) is 13.1. The van der Waals surface area contributed by atoms with Crippen molar-refractivity contribution in [2.24, 2.45) is 0 Å². The Morgan fingerprint density at radius 3 is 2.48 bits per heavy atom. The molecule has 0 saturated carbocycles. The van der Waals surface area contributed by atoms with Crippen LogP contribution < -0.4 is 11.2 Å². The highest BCUT2D eigenvalue weighted by atomic mass is 32.2. The zero-order chi connectivity index (χ0) is 20.2. The molecule has 0 amide bonds. The van der Waals surface area contributed by atoms with Crippen LogP contribution in [0.1, 0.15) is 40.0 Å². The molecule has 2 aliphatic heterocycles. The van der Waals surface area contributed by atoms with Gasteiger partial charge < -0.3 is 18.9 Å². The second-order valence-corrected chi connectivity index (χ2v) is 15.4. The second kappa shape index (κ2) is 6.87. The molecule has 3 rings (SSSR count). The minimum absolute atomic E-state index is 0.0117. The molecule has 0 spiro atoms. The first kappa shape index (κ1) is 20.9.